The second-order valence-corrected chi connectivity index (χ2v) is 8.33. The molecule has 0 aliphatic rings. The highest BCUT2D eigenvalue weighted by atomic mass is 32.2. The van der Waals surface area contributed by atoms with E-state index < -0.39 is 0 Å². The number of hydrogen-bond acceptors (Lipinski definition) is 3. The zero-order chi connectivity index (χ0) is 20.5. The summed E-state index contributed by atoms with van der Waals surface area (Å²) in [7, 11) is 0. The Balaban J connectivity index is 1.64. The number of benzene rings is 3. The predicted octanol–water partition coefficient (Wildman–Crippen LogP) is 6.39. The van der Waals surface area contributed by atoms with Crippen LogP contribution in [0.25, 0.3) is 0 Å². The Morgan fingerprint density at radius 3 is 2.07 bits per heavy atom. The molecule has 4 heteroatoms. The van der Waals surface area contributed by atoms with Gasteiger partial charge in [-0.05, 0) is 47.6 Å². The van der Waals surface area contributed by atoms with Gasteiger partial charge >= 0.3 is 0 Å². The molecule has 0 radical (unpaired) electrons. The number of nitrogens with one attached hydrogen (secondary N) is 1. The third-order valence-electron chi connectivity index (χ3n) is 4.87. The molecule has 0 saturated carbocycles. The van der Waals surface area contributed by atoms with Crippen LogP contribution in [-0.4, -0.2) is 13.1 Å². The van der Waals surface area contributed by atoms with E-state index in [1.165, 1.54) is 11.1 Å². The Bertz CT molecular complexity index is 869. The van der Waals surface area contributed by atoms with Crippen LogP contribution in [0.2, 0.25) is 0 Å². The Kier molecular flexibility index (Phi) is 8.14. The molecule has 0 aromatic heterocycles. The van der Waals surface area contributed by atoms with Crippen LogP contribution in [0.3, 0.4) is 0 Å². The minimum Gasteiger partial charge on any atom is -0.303 e. The van der Waals surface area contributed by atoms with Crippen molar-refractivity contribution in [1.29, 1.82) is 0 Å². The van der Waals surface area contributed by atoms with Crippen molar-refractivity contribution in [3.63, 3.8) is 0 Å². The van der Waals surface area contributed by atoms with Gasteiger partial charge in [0.25, 0.3) is 0 Å². The fourth-order valence-electron chi connectivity index (χ4n) is 3.21. The Hall–Kier alpha value is -2.30. The van der Waals surface area contributed by atoms with E-state index in [-0.39, 0.29) is 11.7 Å². The van der Waals surface area contributed by atoms with Gasteiger partial charge in [-0.3, -0.25) is 0 Å². The summed E-state index contributed by atoms with van der Waals surface area (Å²) in [6.45, 7) is 5.69. The summed E-state index contributed by atoms with van der Waals surface area (Å²) in [5.41, 5.74) is 4.24. The second-order valence-electron chi connectivity index (χ2n) is 7.42. The highest BCUT2D eigenvalue weighted by molar-refractivity contribution is 7.98. The molecule has 0 aliphatic carbocycles. The van der Waals surface area contributed by atoms with Crippen LogP contribution in [0.15, 0.2) is 78.9 Å². The van der Waals surface area contributed by atoms with Gasteiger partial charge in [0.05, 0.1) is 5.69 Å². The summed E-state index contributed by atoms with van der Waals surface area (Å²) in [5, 5.41) is 0. The average Bonchev–Trinajstić information content (AvgIpc) is 2.74. The summed E-state index contributed by atoms with van der Waals surface area (Å²) in [6.07, 6.45) is 1.86. The van der Waals surface area contributed by atoms with E-state index in [0.717, 1.165) is 37.2 Å². The Morgan fingerprint density at radius 1 is 0.862 bits per heavy atom. The van der Waals surface area contributed by atoms with E-state index in [4.69, 9.17) is 0 Å². The first-order valence-electron chi connectivity index (χ1n) is 10.2. The average molecular weight is 409 g/mol. The lowest BCUT2D eigenvalue weighted by Crippen LogP contribution is -2.24. The lowest BCUT2D eigenvalue weighted by atomic mass is 10.0. The molecule has 0 heterocycles. The van der Waals surface area contributed by atoms with Crippen LogP contribution in [0.5, 0.6) is 0 Å². The quantitative estimate of drug-likeness (QED) is 0.309. The number of anilines is 1. The molecule has 1 N–H and O–H groups in total. The van der Waals surface area contributed by atoms with E-state index in [1.54, 1.807) is 18.2 Å². The summed E-state index contributed by atoms with van der Waals surface area (Å²) >= 11 is 1.55. The molecule has 152 valence electrons. The van der Waals surface area contributed by atoms with Gasteiger partial charge in [-0.25, -0.2) is 9.11 Å². The van der Waals surface area contributed by atoms with Gasteiger partial charge in [-0.15, -0.1) is 0 Å². The smallest absolute Gasteiger partial charge is 0.128 e. The number of hydrogen-bond donors (Lipinski definition) is 1. The van der Waals surface area contributed by atoms with Gasteiger partial charge in [0, 0.05) is 25.2 Å². The van der Waals surface area contributed by atoms with E-state index in [9.17, 15) is 4.39 Å². The van der Waals surface area contributed by atoms with Gasteiger partial charge in [0.1, 0.15) is 5.82 Å². The van der Waals surface area contributed by atoms with E-state index in [2.05, 4.69) is 57.6 Å². The van der Waals surface area contributed by atoms with E-state index in [1.807, 2.05) is 38.1 Å². The third-order valence-corrected chi connectivity index (χ3v) is 5.82. The summed E-state index contributed by atoms with van der Waals surface area (Å²) < 4.78 is 20.2. The summed E-state index contributed by atoms with van der Waals surface area (Å²) in [6, 6.07) is 26.4. The van der Waals surface area contributed by atoms with Crippen LogP contribution in [0, 0.1) is 5.82 Å². The minimum absolute atomic E-state index is 0.132. The molecule has 3 rings (SSSR count). The molecule has 0 fully saturated rings. The van der Waals surface area contributed by atoms with E-state index >= 15 is 0 Å². The molecule has 3 aromatic rings. The Labute approximate surface area is 178 Å². The molecule has 0 amide bonds. The Morgan fingerprint density at radius 2 is 1.48 bits per heavy atom. The van der Waals surface area contributed by atoms with Crippen LogP contribution < -0.4 is 9.03 Å². The SMILES string of the molecule is CC(C)c1ccc(N(CCc2ccccc2)SNCCc2ccccc2)cc1F. The number of nitrogens with zero attached hydrogens (tertiary/aromatic N) is 1. The highest BCUT2D eigenvalue weighted by Gasteiger charge is 2.13. The van der Waals surface area contributed by atoms with Gasteiger partial charge < -0.3 is 4.31 Å². The fourth-order valence-corrected chi connectivity index (χ4v) is 3.96. The molecule has 2 nitrogen and oxygen atoms in total. The minimum atomic E-state index is -0.132. The van der Waals surface area contributed by atoms with E-state index in [0.29, 0.717) is 0 Å². The molecule has 0 unspecified atom stereocenters. The van der Waals surface area contributed by atoms with Crippen molar-refractivity contribution in [3.8, 4) is 0 Å². The normalized spacial score (nSPS) is 11.0. The molecule has 29 heavy (non-hydrogen) atoms. The first-order valence-corrected chi connectivity index (χ1v) is 11.0. The maximum Gasteiger partial charge on any atom is 0.128 e. The molecule has 0 atom stereocenters. The first kappa shape index (κ1) is 21.4. The summed E-state index contributed by atoms with van der Waals surface area (Å²) in [4.78, 5) is 0. The second kappa shape index (κ2) is 11.0. The molecule has 0 aliphatic heterocycles. The van der Waals surface area contributed by atoms with Crippen molar-refractivity contribution in [2.75, 3.05) is 17.4 Å². The molecule has 0 spiro atoms. The highest BCUT2D eigenvalue weighted by Crippen LogP contribution is 2.27. The van der Waals surface area contributed by atoms with Crippen molar-refractivity contribution in [1.82, 2.24) is 4.72 Å². The fraction of sp³-hybridized carbons (Fsp3) is 0.280. The van der Waals surface area contributed by atoms with Gasteiger partial charge in [0.15, 0.2) is 0 Å². The lowest BCUT2D eigenvalue weighted by molar-refractivity contribution is 0.598. The largest absolute Gasteiger partial charge is 0.303 e. The molecular weight excluding hydrogens is 379 g/mol. The zero-order valence-electron chi connectivity index (χ0n) is 17.1. The van der Waals surface area contributed by atoms with Gasteiger partial charge in [0.2, 0.25) is 0 Å². The predicted molar refractivity (Wildman–Crippen MR) is 124 cm³/mol. The van der Waals surface area contributed by atoms with Crippen LogP contribution >= 0.6 is 12.1 Å². The number of rotatable bonds is 10. The zero-order valence-corrected chi connectivity index (χ0v) is 18.0. The monoisotopic (exact) mass is 408 g/mol. The van der Waals surface area contributed by atoms with Crippen molar-refractivity contribution >= 4 is 17.8 Å². The van der Waals surface area contributed by atoms with Crippen molar-refractivity contribution in [3.05, 3.63) is 101 Å². The van der Waals surface area contributed by atoms with Gasteiger partial charge in [-0.1, -0.05) is 80.6 Å². The van der Waals surface area contributed by atoms with Crippen molar-refractivity contribution < 1.29 is 4.39 Å². The number of halogens is 1. The van der Waals surface area contributed by atoms with Crippen LogP contribution in [0.4, 0.5) is 10.1 Å². The van der Waals surface area contributed by atoms with Crippen molar-refractivity contribution in [2.45, 2.75) is 32.6 Å². The maximum atomic E-state index is 14.6. The van der Waals surface area contributed by atoms with Gasteiger partial charge in [-0.2, -0.15) is 0 Å². The maximum absolute atomic E-state index is 14.6. The molecular formula is C25H29FN2S. The lowest BCUT2D eigenvalue weighted by Gasteiger charge is -2.24. The molecule has 0 saturated heterocycles. The third kappa shape index (κ3) is 6.62. The van der Waals surface area contributed by atoms with Crippen LogP contribution in [0.1, 0.15) is 36.5 Å². The van der Waals surface area contributed by atoms with Crippen LogP contribution in [-0.2, 0) is 12.8 Å². The topological polar surface area (TPSA) is 15.3 Å². The van der Waals surface area contributed by atoms with Crippen molar-refractivity contribution in [2.24, 2.45) is 0 Å². The molecule has 3 aromatic carbocycles. The molecule has 0 bridgehead atoms. The first-order chi connectivity index (χ1) is 14.1. The summed E-state index contributed by atoms with van der Waals surface area (Å²) in [5.74, 6) is 0.0468. The standard InChI is InChI=1S/C25H29FN2S/c1-20(2)24-14-13-23(19-25(24)26)28(18-16-22-11-7-4-8-12-22)29-27-17-15-21-9-5-3-6-10-21/h3-14,19-20,27H,15-18H2,1-2H3.